The third-order valence-electron chi connectivity index (χ3n) is 2.18. The Hall–Kier alpha value is -1.71. The second-order valence-corrected chi connectivity index (χ2v) is 4.03. The summed E-state index contributed by atoms with van der Waals surface area (Å²) >= 11 is 0. The van der Waals surface area contributed by atoms with Crippen LogP contribution in [-0.4, -0.2) is 20.4 Å². The molecular formula is C15H17IrN2O2-. The van der Waals surface area contributed by atoms with Gasteiger partial charge >= 0.3 is 0 Å². The summed E-state index contributed by atoms with van der Waals surface area (Å²) in [4.78, 5) is 14.2. The number of aromatic nitrogens is 2. The molecule has 5 heteroatoms. The zero-order chi connectivity index (χ0) is 14.3. The fourth-order valence-electron chi connectivity index (χ4n) is 1.45. The molecule has 1 aromatic heterocycles. The van der Waals surface area contributed by atoms with E-state index < -0.39 is 0 Å². The van der Waals surface area contributed by atoms with Crippen LogP contribution in [0.3, 0.4) is 0 Å². The van der Waals surface area contributed by atoms with Crippen molar-refractivity contribution in [3.63, 3.8) is 0 Å². The first-order chi connectivity index (χ1) is 9.00. The number of aliphatic hydroxyl groups excluding tert-OH is 1. The zero-order valence-electron chi connectivity index (χ0n) is 11.6. The molecule has 0 aliphatic rings. The van der Waals surface area contributed by atoms with E-state index in [1.165, 1.54) is 19.9 Å². The molecule has 0 aliphatic heterocycles. The van der Waals surface area contributed by atoms with E-state index >= 15 is 0 Å². The fourth-order valence-corrected chi connectivity index (χ4v) is 1.45. The minimum Gasteiger partial charge on any atom is -0.512 e. The van der Waals surface area contributed by atoms with Crippen LogP contribution in [0.2, 0.25) is 0 Å². The molecule has 0 bridgehead atoms. The predicted molar refractivity (Wildman–Crippen MR) is 74.5 cm³/mol. The Kier molecular flexibility index (Phi) is 8.44. The average molecular weight is 450 g/mol. The standard InChI is InChI=1S/C10H9N2.C5H8O2.Ir/c1-12-8-7-11-10(12)9-5-3-2-4-6-9;1-4(6)3-5(2)7;/h2-5,7-8H,1H3;3,6H,1-2H3;/q-1;;/b;4-3-;. The van der Waals surface area contributed by atoms with Gasteiger partial charge in [-0.25, -0.2) is 0 Å². The van der Waals surface area contributed by atoms with Gasteiger partial charge in [0.25, 0.3) is 0 Å². The Morgan fingerprint density at radius 3 is 2.45 bits per heavy atom. The quantitative estimate of drug-likeness (QED) is 0.436. The maximum atomic E-state index is 10.0. The number of carbonyl (C=O) groups excluding carboxylic acids is 1. The third-order valence-corrected chi connectivity index (χ3v) is 2.18. The monoisotopic (exact) mass is 450 g/mol. The Morgan fingerprint density at radius 2 is 2.10 bits per heavy atom. The molecule has 1 N–H and O–H groups in total. The SMILES string of the molecule is CC(=O)/C=C(/C)O.Cn1ccnc1-c1[c-]cccc1.[Ir]. The second-order valence-electron chi connectivity index (χ2n) is 4.03. The van der Waals surface area contributed by atoms with Gasteiger partial charge in [-0.2, -0.15) is 0 Å². The topological polar surface area (TPSA) is 55.1 Å². The minimum atomic E-state index is -0.125. The largest absolute Gasteiger partial charge is 0.512 e. The van der Waals surface area contributed by atoms with Crippen molar-refractivity contribution >= 4 is 5.78 Å². The van der Waals surface area contributed by atoms with Gasteiger partial charge in [0.1, 0.15) is 0 Å². The maximum Gasteiger partial charge on any atom is 0.155 e. The summed E-state index contributed by atoms with van der Waals surface area (Å²) in [5, 5.41) is 8.36. The van der Waals surface area contributed by atoms with Crippen LogP contribution in [-0.2, 0) is 31.9 Å². The van der Waals surface area contributed by atoms with Crippen molar-refractivity contribution in [3.8, 4) is 11.4 Å². The molecule has 2 aromatic rings. The van der Waals surface area contributed by atoms with Gasteiger partial charge in [0.2, 0.25) is 0 Å². The molecule has 0 aliphatic carbocycles. The summed E-state index contributed by atoms with van der Waals surface area (Å²) in [6.07, 6.45) is 4.88. The number of nitrogens with zero attached hydrogens (tertiary/aromatic N) is 2. The number of hydrogen-bond donors (Lipinski definition) is 1. The number of hydrogen-bond acceptors (Lipinski definition) is 3. The molecule has 2 rings (SSSR count). The van der Waals surface area contributed by atoms with Crippen LogP contribution in [0.1, 0.15) is 13.8 Å². The molecule has 0 amide bonds. The molecular weight excluding hydrogens is 432 g/mol. The average Bonchev–Trinajstić information content (AvgIpc) is 2.75. The Balaban J connectivity index is 0.000000396. The second kappa shape index (κ2) is 9.23. The number of aryl methyl sites for hydroxylation is 1. The van der Waals surface area contributed by atoms with Crippen LogP contribution in [0.15, 0.2) is 48.5 Å². The van der Waals surface area contributed by atoms with Gasteiger partial charge in [0.05, 0.1) is 11.6 Å². The number of imidazole rings is 1. The molecule has 0 spiro atoms. The molecule has 4 nitrogen and oxygen atoms in total. The maximum absolute atomic E-state index is 10.0. The van der Waals surface area contributed by atoms with E-state index in [-0.39, 0.29) is 31.6 Å². The summed E-state index contributed by atoms with van der Waals surface area (Å²) in [5.74, 6) is 0.892. The van der Waals surface area contributed by atoms with E-state index in [1.807, 2.05) is 42.1 Å². The van der Waals surface area contributed by atoms with Gasteiger partial charge in [0, 0.05) is 45.6 Å². The molecule has 0 saturated carbocycles. The van der Waals surface area contributed by atoms with Gasteiger partial charge in [-0.05, 0) is 13.8 Å². The van der Waals surface area contributed by atoms with Crippen LogP contribution in [0.5, 0.6) is 0 Å². The Morgan fingerprint density at radius 1 is 1.40 bits per heavy atom. The summed E-state index contributed by atoms with van der Waals surface area (Å²) < 4.78 is 1.98. The molecule has 1 heterocycles. The van der Waals surface area contributed by atoms with Crippen LogP contribution in [0.25, 0.3) is 11.4 Å². The van der Waals surface area contributed by atoms with Crippen molar-refractivity contribution in [2.75, 3.05) is 0 Å². The van der Waals surface area contributed by atoms with Gasteiger partial charge in [-0.3, -0.25) is 9.78 Å². The molecule has 109 valence electrons. The predicted octanol–water partition coefficient (Wildman–Crippen LogP) is 2.92. The number of allylic oxidation sites excluding steroid dienone is 2. The normalized spacial score (nSPS) is 10.1. The number of rotatable bonds is 2. The zero-order valence-corrected chi connectivity index (χ0v) is 14.0. The van der Waals surface area contributed by atoms with E-state index in [1.54, 1.807) is 6.20 Å². The van der Waals surface area contributed by atoms with Crippen molar-refractivity contribution in [1.82, 2.24) is 9.55 Å². The molecule has 1 aromatic carbocycles. The first-order valence-electron chi connectivity index (χ1n) is 5.83. The first kappa shape index (κ1) is 18.3. The van der Waals surface area contributed by atoms with Crippen LogP contribution < -0.4 is 0 Å². The number of aliphatic hydroxyl groups is 1. The van der Waals surface area contributed by atoms with E-state index in [9.17, 15) is 4.79 Å². The molecule has 0 saturated heterocycles. The molecule has 0 fully saturated rings. The fraction of sp³-hybridized carbons (Fsp3) is 0.200. The first-order valence-corrected chi connectivity index (χ1v) is 5.83. The van der Waals surface area contributed by atoms with Crippen LogP contribution in [0, 0.1) is 6.07 Å². The van der Waals surface area contributed by atoms with Crippen molar-refractivity contribution in [1.29, 1.82) is 0 Å². The van der Waals surface area contributed by atoms with Crippen LogP contribution >= 0.6 is 0 Å². The molecule has 0 unspecified atom stereocenters. The number of carbonyl (C=O) groups is 1. The summed E-state index contributed by atoms with van der Waals surface area (Å²) in [6.45, 7) is 2.85. The van der Waals surface area contributed by atoms with Crippen LogP contribution in [0.4, 0.5) is 0 Å². The number of ketones is 1. The third kappa shape index (κ3) is 6.45. The Labute approximate surface area is 132 Å². The van der Waals surface area contributed by atoms with Crippen molar-refractivity contribution in [2.45, 2.75) is 13.8 Å². The van der Waals surface area contributed by atoms with Crippen molar-refractivity contribution in [3.05, 3.63) is 54.6 Å². The van der Waals surface area contributed by atoms with Crippen molar-refractivity contribution in [2.24, 2.45) is 7.05 Å². The summed E-state index contributed by atoms with van der Waals surface area (Å²) in [6, 6.07) is 11.0. The van der Waals surface area contributed by atoms with E-state index in [0.29, 0.717) is 0 Å². The smallest absolute Gasteiger partial charge is 0.155 e. The number of benzene rings is 1. The van der Waals surface area contributed by atoms with Gasteiger partial charge in [0.15, 0.2) is 5.78 Å². The van der Waals surface area contributed by atoms with E-state index in [4.69, 9.17) is 5.11 Å². The Bertz CT molecular complexity index is 558. The van der Waals surface area contributed by atoms with Gasteiger partial charge in [-0.15, -0.1) is 35.9 Å². The minimum absolute atomic E-state index is 0. The summed E-state index contributed by atoms with van der Waals surface area (Å²) in [5.41, 5.74) is 1.03. The molecule has 1 radical (unpaired) electrons. The van der Waals surface area contributed by atoms with E-state index in [2.05, 4.69) is 11.1 Å². The molecule has 20 heavy (non-hydrogen) atoms. The van der Waals surface area contributed by atoms with Gasteiger partial charge in [-0.1, -0.05) is 0 Å². The van der Waals surface area contributed by atoms with E-state index in [0.717, 1.165) is 11.4 Å². The van der Waals surface area contributed by atoms with Crippen molar-refractivity contribution < 1.29 is 30.0 Å². The van der Waals surface area contributed by atoms with Gasteiger partial charge < -0.3 is 9.67 Å². The molecule has 0 atom stereocenters. The summed E-state index contributed by atoms with van der Waals surface area (Å²) in [7, 11) is 1.98.